The molecule has 0 spiro atoms. The Kier molecular flexibility index (Phi) is 4.30. The first-order valence-corrected chi connectivity index (χ1v) is 9.28. The highest BCUT2D eigenvalue weighted by Crippen LogP contribution is 2.38. The molecule has 1 aromatic heterocycles. The van der Waals surface area contributed by atoms with Crippen molar-refractivity contribution in [2.24, 2.45) is 0 Å². The third kappa shape index (κ3) is 2.83. The first-order valence-electron chi connectivity index (χ1n) is 9.28. The summed E-state index contributed by atoms with van der Waals surface area (Å²) in [6.45, 7) is 6.24. The van der Waals surface area contributed by atoms with Crippen molar-refractivity contribution < 1.29 is 9.18 Å². The van der Waals surface area contributed by atoms with E-state index in [2.05, 4.69) is 32.2 Å². The predicted octanol–water partition coefficient (Wildman–Crippen LogP) is 4.53. The number of aromatic nitrogens is 2. The average Bonchev–Trinajstić information content (AvgIpc) is 3.21. The number of para-hydroxylation sites is 1. The second-order valence-electron chi connectivity index (χ2n) is 7.15. The minimum absolute atomic E-state index is 0.148. The average molecular weight is 363 g/mol. The molecule has 5 heteroatoms. The molecule has 0 saturated heterocycles. The van der Waals surface area contributed by atoms with Gasteiger partial charge in [0.05, 0.1) is 17.4 Å². The SMILES string of the molecule is CCc1ccccc1-n1nc(C(C)C)c2c1C(=O)NC2c1ccc(F)cc1. The molecule has 2 heterocycles. The molecule has 3 aromatic rings. The van der Waals surface area contributed by atoms with Crippen LogP contribution in [0.15, 0.2) is 48.5 Å². The number of halogens is 1. The number of aryl methyl sites for hydroxylation is 1. The zero-order valence-electron chi connectivity index (χ0n) is 15.7. The summed E-state index contributed by atoms with van der Waals surface area (Å²) >= 11 is 0. The van der Waals surface area contributed by atoms with Gasteiger partial charge in [0.2, 0.25) is 0 Å². The summed E-state index contributed by atoms with van der Waals surface area (Å²) in [5, 5.41) is 7.89. The molecular formula is C22H22FN3O. The Bertz CT molecular complexity index is 1000. The van der Waals surface area contributed by atoms with E-state index >= 15 is 0 Å². The molecule has 0 radical (unpaired) electrons. The maximum atomic E-state index is 13.4. The van der Waals surface area contributed by atoms with E-state index in [0.29, 0.717) is 5.69 Å². The van der Waals surface area contributed by atoms with Crippen LogP contribution in [0.4, 0.5) is 4.39 Å². The lowest BCUT2D eigenvalue weighted by Crippen LogP contribution is -2.23. The summed E-state index contributed by atoms with van der Waals surface area (Å²) in [7, 11) is 0. The molecule has 1 unspecified atom stereocenters. The summed E-state index contributed by atoms with van der Waals surface area (Å²) in [5.41, 5.74) is 5.29. The normalized spacial score (nSPS) is 15.9. The number of fused-ring (bicyclic) bond motifs is 1. The lowest BCUT2D eigenvalue weighted by Gasteiger charge is -2.14. The molecule has 2 aromatic carbocycles. The third-order valence-corrected chi connectivity index (χ3v) is 5.08. The number of nitrogens with one attached hydrogen (secondary N) is 1. The fourth-order valence-corrected chi connectivity index (χ4v) is 3.74. The molecule has 1 aliphatic heterocycles. The van der Waals surface area contributed by atoms with Gasteiger partial charge in [-0.3, -0.25) is 4.79 Å². The highest BCUT2D eigenvalue weighted by atomic mass is 19.1. The zero-order valence-corrected chi connectivity index (χ0v) is 15.7. The van der Waals surface area contributed by atoms with Gasteiger partial charge in [0.25, 0.3) is 5.91 Å². The number of benzene rings is 2. The van der Waals surface area contributed by atoms with Gasteiger partial charge in [0, 0.05) is 5.56 Å². The van der Waals surface area contributed by atoms with Gasteiger partial charge in [-0.1, -0.05) is 51.1 Å². The van der Waals surface area contributed by atoms with Gasteiger partial charge in [-0.05, 0) is 41.7 Å². The lowest BCUT2D eigenvalue weighted by molar-refractivity contribution is 0.0953. The first kappa shape index (κ1) is 17.5. The van der Waals surface area contributed by atoms with Gasteiger partial charge in [-0.25, -0.2) is 9.07 Å². The Labute approximate surface area is 158 Å². The third-order valence-electron chi connectivity index (χ3n) is 5.08. The number of nitrogens with zero attached hydrogens (tertiary/aromatic N) is 2. The van der Waals surface area contributed by atoms with Gasteiger partial charge in [0.15, 0.2) is 0 Å². The first-order chi connectivity index (χ1) is 13.0. The molecule has 1 amide bonds. The van der Waals surface area contributed by atoms with Crippen LogP contribution < -0.4 is 5.32 Å². The highest BCUT2D eigenvalue weighted by Gasteiger charge is 2.38. The number of rotatable bonds is 4. The second-order valence-corrected chi connectivity index (χ2v) is 7.15. The highest BCUT2D eigenvalue weighted by molar-refractivity contribution is 5.99. The van der Waals surface area contributed by atoms with Crippen molar-refractivity contribution >= 4 is 5.91 Å². The summed E-state index contributed by atoms with van der Waals surface area (Å²) in [5.74, 6) is -0.283. The van der Waals surface area contributed by atoms with E-state index in [-0.39, 0.29) is 23.7 Å². The van der Waals surface area contributed by atoms with Gasteiger partial charge < -0.3 is 5.32 Å². The molecule has 1 aliphatic rings. The van der Waals surface area contributed by atoms with Gasteiger partial charge in [-0.2, -0.15) is 5.10 Å². The number of carbonyl (C=O) groups excluding carboxylic acids is 1. The molecule has 1 N–H and O–H groups in total. The fraction of sp³-hybridized carbons (Fsp3) is 0.273. The van der Waals surface area contributed by atoms with E-state index < -0.39 is 0 Å². The summed E-state index contributed by atoms with van der Waals surface area (Å²) < 4.78 is 15.1. The second kappa shape index (κ2) is 6.65. The largest absolute Gasteiger partial charge is 0.340 e. The van der Waals surface area contributed by atoms with E-state index in [1.807, 2.05) is 18.2 Å². The Morgan fingerprint density at radius 1 is 1.15 bits per heavy atom. The van der Waals surface area contributed by atoms with Crippen molar-refractivity contribution in [1.29, 1.82) is 0 Å². The minimum Gasteiger partial charge on any atom is -0.340 e. The Hall–Kier alpha value is -2.95. The molecule has 0 bridgehead atoms. The van der Waals surface area contributed by atoms with Crippen LogP contribution >= 0.6 is 0 Å². The van der Waals surface area contributed by atoms with Crippen LogP contribution in [0.1, 0.15) is 65.6 Å². The van der Waals surface area contributed by atoms with Crippen molar-refractivity contribution in [1.82, 2.24) is 15.1 Å². The molecule has 0 fully saturated rings. The number of carbonyl (C=O) groups is 1. The van der Waals surface area contributed by atoms with E-state index in [1.54, 1.807) is 16.8 Å². The van der Waals surface area contributed by atoms with Gasteiger partial charge in [0.1, 0.15) is 11.5 Å². The van der Waals surface area contributed by atoms with Crippen LogP contribution in [0, 0.1) is 5.82 Å². The van der Waals surface area contributed by atoms with Crippen LogP contribution in [0.5, 0.6) is 0 Å². The smallest absolute Gasteiger partial charge is 0.271 e. The quantitative estimate of drug-likeness (QED) is 0.740. The van der Waals surface area contributed by atoms with Crippen LogP contribution in [-0.4, -0.2) is 15.7 Å². The van der Waals surface area contributed by atoms with Crippen LogP contribution in [-0.2, 0) is 6.42 Å². The maximum Gasteiger partial charge on any atom is 0.271 e. The van der Waals surface area contributed by atoms with Crippen molar-refractivity contribution in [3.8, 4) is 5.69 Å². The number of amides is 1. The van der Waals surface area contributed by atoms with Crippen molar-refractivity contribution in [2.45, 2.75) is 39.2 Å². The Balaban J connectivity index is 1.93. The predicted molar refractivity (Wildman–Crippen MR) is 103 cm³/mol. The number of hydrogen-bond donors (Lipinski definition) is 1. The summed E-state index contributed by atoms with van der Waals surface area (Å²) in [6, 6.07) is 14.0. The van der Waals surface area contributed by atoms with Gasteiger partial charge in [-0.15, -0.1) is 0 Å². The summed E-state index contributed by atoms with van der Waals surface area (Å²) in [6.07, 6.45) is 0.852. The molecule has 4 rings (SSSR count). The van der Waals surface area contributed by atoms with E-state index in [4.69, 9.17) is 5.10 Å². The molecule has 1 atom stereocenters. The molecular weight excluding hydrogens is 341 g/mol. The van der Waals surface area contributed by atoms with Crippen molar-refractivity contribution in [3.63, 3.8) is 0 Å². The van der Waals surface area contributed by atoms with Crippen LogP contribution in [0.3, 0.4) is 0 Å². The molecule has 0 saturated carbocycles. The monoisotopic (exact) mass is 363 g/mol. The maximum absolute atomic E-state index is 13.4. The standard InChI is InChI=1S/C22H22FN3O/c1-4-14-7-5-6-8-17(14)26-21-18(19(25-26)13(2)3)20(24-22(21)27)15-9-11-16(23)12-10-15/h5-13,20H,4H2,1-3H3,(H,24,27). The van der Waals surface area contributed by atoms with Crippen molar-refractivity contribution in [3.05, 3.63) is 82.4 Å². The fourth-order valence-electron chi connectivity index (χ4n) is 3.74. The van der Waals surface area contributed by atoms with Gasteiger partial charge >= 0.3 is 0 Å². The zero-order chi connectivity index (χ0) is 19.1. The van der Waals surface area contributed by atoms with Crippen molar-refractivity contribution in [2.75, 3.05) is 0 Å². The lowest BCUT2D eigenvalue weighted by atomic mass is 9.95. The molecule has 27 heavy (non-hydrogen) atoms. The van der Waals surface area contributed by atoms with E-state index in [0.717, 1.165) is 34.5 Å². The Morgan fingerprint density at radius 2 is 1.85 bits per heavy atom. The molecule has 0 aliphatic carbocycles. The van der Waals surface area contributed by atoms with Crippen LogP contribution in [0.25, 0.3) is 5.69 Å². The van der Waals surface area contributed by atoms with Crippen LogP contribution in [0.2, 0.25) is 0 Å². The number of hydrogen-bond acceptors (Lipinski definition) is 2. The molecule has 138 valence electrons. The topological polar surface area (TPSA) is 46.9 Å². The molecule has 4 nitrogen and oxygen atoms in total. The minimum atomic E-state index is -0.312. The summed E-state index contributed by atoms with van der Waals surface area (Å²) in [4.78, 5) is 12.9. The van der Waals surface area contributed by atoms with E-state index in [9.17, 15) is 9.18 Å². The van der Waals surface area contributed by atoms with E-state index in [1.165, 1.54) is 12.1 Å². The Morgan fingerprint density at radius 3 is 2.52 bits per heavy atom.